The van der Waals surface area contributed by atoms with Crippen molar-refractivity contribution in [1.82, 2.24) is 4.90 Å². The Labute approximate surface area is 106 Å². The Kier molecular flexibility index (Phi) is 5.43. The van der Waals surface area contributed by atoms with Crippen LogP contribution in [0.1, 0.15) is 39.0 Å². The van der Waals surface area contributed by atoms with Gasteiger partial charge in [-0.2, -0.15) is 13.2 Å². The van der Waals surface area contributed by atoms with Crippen LogP contribution in [-0.2, 0) is 0 Å². The van der Waals surface area contributed by atoms with Crippen molar-refractivity contribution in [2.45, 2.75) is 56.8 Å². The van der Waals surface area contributed by atoms with Crippen molar-refractivity contribution in [3.8, 4) is 0 Å². The molecule has 0 amide bonds. The van der Waals surface area contributed by atoms with Gasteiger partial charge in [0.1, 0.15) is 0 Å². The summed E-state index contributed by atoms with van der Waals surface area (Å²) in [5.74, 6) is 0. The van der Waals surface area contributed by atoms with Gasteiger partial charge in [0.2, 0.25) is 0 Å². The summed E-state index contributed by atoms with van der Waals surface area (Å²) in [6.45, 7) is 1.25. The van der Waals surface area contributed by atoms with Crippen molar-refractivity contribution in [3.63, 3.8) is 0 Å². The summed E-state index contributed by atoms with van der Waals surface area (Å²) in [6, 6.07) is -0.169. The molecule has 6 heteroatoms. The molecule has 1 aliphatic carbocycles. The monoisotopic (exact) mass is 268 g/mol. The zero-order valence-corrected chi connectivity index (χ0v) is 10.8. The average Bonchev–Trinajstić information content (AvgIpc) is 2.27. The van der Waals surface area contributed by atoms with Crippen LogP contribution in [0, 0.1) is 0 Å². The molecule has 2 atom stereocenters. The zero-order chi connectivity index (χ0) is 13.8. The second kappa shape index (κ2) is 6.21. The van der Waals surface area contributed by atoms with Gasteiger partial charge in [-0.05, 0) is 38.6 Å². The number of aliphatic hydroxyl groups is 1. The third-order valence-corrected chi connectivity index (χ3v) is 3.58. The fourth-order valence-electron chi connectivity index (χ4n) is 2.73. The molecule has 1 rings (SSSR count). The summed E-state index contributed by atoms with van der Waals surface area (Å²) < 4.78 is 37.6. The maximum atomic E-state index is 12.5. The lowest BCUT2D eigenvalue weighted by Gasteiger charge is -2.42. The number of nitrogens with zero attached hydrogens (tertiary/aromatic N) is 1. The first-order valence-corrected chi connectivity index (χ1v) is 6.50. The summed E-state index contributed by atoms with van der Waals surface area (Å²) in [7, 11) is 0. The maximum Gasteiger partial charge on any atom is 0.401 e. The summed E-state index contributed by atoms with van der Waals surface area (Å²) in [4.78, 5) is 1.47. The Morgan fingerprint density at radius 2 is 2.11 bits per heavy atom. The third-order valence-electron chi connectivity index (χ3n) is 3.58. The first-order chi connectivity index (χ1) is 8.29. The van der Waals surface area contributed by atoms with E-state index in [1.54, 1.807) is 0 Å². The van der Waals surface area contributed by atoms with E-state index in [4.69, 9.17) is 5.73 Å². The van der Waals surface area contributed by atoms with Crippen LogP contribution in [0.25, 0.3) is 0 Å². The molecule has 0 aromatic rings. The predicted molar refractivity (Wildman–Crippen MR) is 64.2 cm³/mol. The van der Waals surface area contributed by atoms with E-state index < -0.39 is 18.3 Å². The SMILES string of the molecule is CCCN(CC(F)(F)F)C1CCCC(N)(CO)C1. The van der Waals surface area contributed by atoms with Crippen LogP contribution in [0.3, 0.4) is 0 Å². The van der Waals surface area contributed by atoms with Crippen molar-refractivity contribution in [2.75, 3.05) is 19.7 Å². The highest BCUT2D eigenvalue weighted by molar-refractivity contribution is 4.94. The van der Waals surface area contributed by atoms with Crippen molar-refractivity contribution in [1.29, 1.82) is 0 Å². The van der Waals surface area contributed by atoms with E-state index in [2.05, 4.69) is 0 Å². The minimum atomic E-state index is -4.18. The smallest absolute Gasteiger partial charge is 0.394 e. The van der Waals surface area contributed by atoms with Crippen LogP contribution >= 0.6 is 0 Å². The van der Waals surface area contributed by atoms with E-state index in [0.717, 1.165) is 12.8 Å². The van der Waals surface area contributed by atoms with E-state index in [9.17, 15) is 18.3 Å². The van der Waals surface area contributed by atoms with E-state index >= 15 is 0 Å². The average molecular weight is 268 g/mol. The molecule has 18 heavy (non-hydrogen) atoms. The minimum Gasteiger partial charge on any atom is -0.394 e. The lowest BCUT2D eigenvalue weighted by Crippen LogP contribution is -2.54. The molecule has 1 saturated carbocycles. The number of nitrogens with two attached hydrogens (primary N) is 1. The molecule has 0 spiro atoms. The van der Waals surface area contributed by atoms with Gasteiger partial charge in [0, 0.05) is 11.6 Å². The van der Waals surface area contributed by atoms with Crippen molar-refractivity contribution < 1.29 is 18.3 Å². The lowest BCUT2D eigenvalue weighted by atomic mass is 9.79. The molecule has 0 aliphatic heterocycles. The highest BCUT2D eigenvalue weighted by atomic mass is 19.4. The molecule has 0 bridgehead atoms. The highest BCUT2D eigenvalue weighted by Crippen LogP contribution is 2.31. The van der Waals surface area contributed by atoms with E-state index in [1.165, 1.54) is 4.90 Å². The van der Waals surface area contributed by atoms with Crippen molar-refractivity contribution >= 4 is 0 Å². The van der Waals surface area contributed by atoms with Crippen molar-refractivity contribution in [3.05, 3.63) is 0 Å². The summed E-state index contributed by atoms with van der Waals surface area (Å²) in [5.41, 5.74) is 5.28. The van der Waals surface area contributed by atoms with Gasteiger partial charge in [-0.3, -0.25) is 4.90 Å². The van der Waals surface area contributed by atoms with E-state index in [1.807, 2.05) is 6.92 Å². The topological polar surface area (TPSA) is 49.5 Å². The maximum absolute atomic E-state index is 12.5. The van der Waals surface area contributed by atoms with Gasteiger partial charge in [-0.25, -0.2) is 0 Å². The zero-order valence-electron chi connectivity index (χ0n) is 10.8. The Morgan fingerprint density at radius 1 is 1.44 bits per heavy atom. The van der Waals surface area contributed by atoms with Crippen LogP contribution in [0.4, 0.5) is 13.2 Å². The number of hydrogen-bond donors (Lipinski definition) is 2. The molecule has 0 radical (unpaired) electrons. The molecule has 0 heterocycles. The van der Waals surface area contributed by atoms with Gasteiger partial charge in [0.15, 0.2) is 0 Å². The van der Waals surface area contributed by atoms with Gasteiger partial charge in [0.25, 0.3) is 0 Å². The molecule has 0 aromatic heterocycles. The van der Waals surface area contributed by atoms with E-state index in [0.29, 0.717) is 25.8 Å². The quantitative estimate of drug-likeness (QED) is 0.800. The largest absolute Gasteiger partial charge is 0.401 e. The van der Waals surface area contributed by atoms with Gasteiger partial charge in [-0.15, -0.1) is 0 Å². The van der Waals surface area contributed by atoms with Crippen LogP contribution < -0.4 is 5.73 Å². The summed E-state index contributed by atoms with van der Waals surface area (Å²) >= 11 is 0. The summed E-state index contributed by atoms with van der Waals surface area (Å²) in [6.07, 6.45) is -0.854. The Balaban J connectivity index is 2.67. The molecular weight excluding hydrogens is 245 g/mol. The normalized spacial score (nSPS) is 29.8. The molecule has 2 unspecified atom stereocenters. The Bertz CT molecular complexity index is 260. The molecule has 108 valence electrons. The van der Waals surface area contributed by atoms with Crippen LogP contribution in [0.5, 0.6) is 0 Å². The Morgan fingerprint density at radius 3 is 2.61 bits per heavy atom. The van der Waals surface area contributed by atoms with Crippen LogP contribution in [0.2, 0.25) is 0 Å². The first kappa shape index (κ1) is 15.7. The fraction of sp³-hybridized carbons (Fsp3) is 1.00. The van der Waals surface area contributed by atoms with Gasteiger partial charge < -0.3 is 10.8 Å². The standard InChI is InChI=1S/C12H23F3N2O/c1-2-6-17(8-12(13,14)15)10-4-3-5-11(16,7-10)9-18/h10,18H,2-9,16H2,1H3. The first-order valence-electron chi connectivity index (χ1n) is 6.50. The van der Waals surface area contributed by atoms with E-state index in [-0.39, 0.29) is 12.6 Å². The minimum absolute atomic E-state index is 0.157. The van der Waals surface area contributed by atoms with Gasteiger partial charge >= 0.3 is 6.18 Å². The third kappa shape index (κ3) is 4.74. The molecule has 3 nitrogen and oxygen atoms in total. The summed E-state index contributed by atoms with van der Waals surface area (Å²) in [5, 5.41) is 9.25. The number of hydrogen-bond acceptors (Lipinski definition) is 3. The molecular formula is C12H23F3N2O. The number of alkyl halides is 3. The Hall–Kier alpha value is -0.330. The van der Waals surface area contributed by atoms with Crippen LogP contribution in [-0.4, -0.2) is 47.5 Å². The second-order valence-corrected chi connectivity index (χ2v) is 5.36. The second-order valence-electron chi connectivity index (χ2n) is 5.36. The van der Waals surface area contributed by atoms with Crippen molar-refractivity contribution in [2.24, 2.45) is 5.73 Å². The molecule has 3 N–H and O–H groups in total. The molecule has 1 aliphatic rings. The lowest BCUT2D eigenvalue weighted by molar-refractivity contribution is -0.153. The number of rotatable bonds is 5. The molecule has 1 fully saturated rings. The predicted octanol–water partition coefficient (Wildman–Crippen LogP) is 1.89. The number of halogens is 3. The van der Waals surface area contributed by atoms with Gasteiger partial charge in [0.05, 0.1) is 13.2 Å². The highest BCUT2D eigenvalue weighted by Gasteiger charge is 2.38. The van der Waals surface area contributed by atoms with Crippen LogP contribution in [0.15, 0.2) is 0 Å². The fourth-order valence-corrected chi connectivity index (χ4v) is 2.73. The van der Waals surface area contributed by atoms with Gasteiger partial charge in [-0.1, -0.05) is 6.92 Å². The molecule has 0 aromatic carbocycles. The number of aliphatic hydroxyl groups excluding tert-OH is 1. The molecule has 0 saturated heterocycles.